The Morgan fingerprint density at radius 2 is 0.475 bits per heavy atom. The molecule has 0 heterocycles. The van der Waals surface area contributed by atoms with E-state index in [2.05, 4.69) is 55.4 Å². The molecule has 6 atom stereocenters. The molecule has 0 aliphatic rings. The molecule has 0 aromatic rings. The van der Waals surface area contributed by atoms with E-state index in [1.54, 1.807) is 0 Å². The average Bonchev–Trinajstić information content (AvgIpc) is 1.00. The maximum absolute atomic E-state index is 13.1. The predicted molar refractivity (Wildman–Crippen MR) is 414 cm³/mol. The number of aliphatic hydroxyl groups excluding tert-OH is 1. The number of ether oxygens (including phenoxy) is 4. The maximum Gasteiger partial charge on any atom is 0.472 e. The average molecular weight is 1480 g/mol. The van der Waals surface area contributed by atoms with Crippen molar-refractivity contribution < 1.29 is 80.2 Å². The summed E-state index contributed by atoms with van der Waals surface area (Å²) in [5, 5.41) is 10.6. The molecule has 0 aliphatic heterocycles. The minimum Gasteiger partial charge on any atom is -0.462 e. The van der Waals surface area contributed by atoms with Crippen LogP contribution in [0.4, 0.5) is 0 Å². The summed E-state index contributed by atoms with van der Waals surface area (Å²) in [5.74, 6) is 0.984. The monoisotopic (exact) mass is 1480 g/mol. The first-order valence-corrected chi connectivity index (χ1v) is 45.2. The third-order valence-corrected chi connectivity index (χ3v) is 21.3. The summed E-state index contributed by atoms with van der Waals surface area (Å²) in [6, 6.07) is 0. The lowest BCUT2D eigenvalue weighted by Crippen LogP contribution is -2.30. The molecule has 0 saturated carbocycles. The summed E-state index contributed by atoms with van der Waals surface area (Å²) in [6.45, 7) is 14.3. The standard InChI is InChI=1S/C82H160O17P2/c1-9-75(8)61-53-45-37-31-32-40-49-57-65-82(87)99-77(68-92-79(84)62-54-46-38-29-25-21-17-13-11-10-12-15-19-23-27-34-42-50-58-72(2)3)70-96-100(88,89)94-66-76(83)67-95-101(90,91)97-71-78(69-93-80(85)63-55-47-41-33-36-44-52-60-74(6)7)98-81(86)64-56-48-39-30-26-22-18-14-16-20-24-28-35-43-51-59-73(4)5/h72-78,83H,9-71H2,1-8H3,(H,88,89)(H,90,91)/t75?,76?,77-,78-/m1/s1. The molecule has 600 valence electrons. The molecule has 0 bridgehead atoms. The van der Waals surface area contributed by atoms with Gasteiger partial charge >= 0.3 is 39.5 Å². The van der Waals surface area contributed by atoms with Gasteiger partial charge in [-0.2, -0.15) is 0 Å². The minimum atomic E-state index is -4.96. The van der Waals surface area contributed by atoms with Crippen LogP contribution in [0.1, 0.15) is 421 Å². The molecule has 0 saturated heterocycles. The number of rotatable bonds is 79. The molecule has 19 heteroatoms. The Morgan fingerprint density at radius 3 is 0.703 bits per heavy atom. The molecule has 0 aliphatic carbocycles. The van der Waals surface area contributed by atoms with Gasteiger partial charge in [-0.25, -0.2) is 9.13 Å². The van der Waals surface area contributed by atoms with Gasteiger partial charge in [0.25, 0.3) is 0 Å². The van der Waals surface area contributed by atoms with Crippen molar-refractivity contribution in [3.05, 3.63) is 0 Å². The van der Waals surface area contributed by atoms with Crippen LogP contribution in [0, 0.1) is 23.7 Å². The second-order valence-corrected chi connectivity index (χ2v) is 34.1. The molecule has 0 radical (unpaired) electrons. The van der Waals surface area contributed by atoms with Crippen molar-refractivity contribution in [1.82, 2.24) is 0 Å². The van der Waals surface area contributed by atoms with E-state index in [1.165, 1.54) is 218 Å². The van der Waals surface area contributed by atoms with E-state index in [0.29, 0.717) is 31.6 Å². The Balaban J connectivity index is 5.17. The van der Waals surface area contributed by atoms with E-state index in [9.17, 15) is 43.2 Å². The van der Waals surface area contributed by atoms with Crippen molar-refractivity contribution in [2.24, 2.45) is 23.7 Å². The van der Waals surface area contributed by atoms with Crippen LogP contribution in [-0.2, 0) is 65.4 Å². The smallest absolute Gasteiger partial charge is 0.462 e. The van der Waals surface area contributed by atoms with Crippen LogP contribution in [0.25, 0.3) is 0 Å². The van der Waals surface area contributed by atoms with E-state index in [1.807, 2.05) is 0 Å². The molecule has 0 rings (SSSR count). The molecule has 0 fully saturated rings. The number of phosphoric ester groups is 2. The van der Waals surface area contributed by atoms with E-state index in [-0.39, 0.29) is 25.7 Å². The number of carbonyl (C=O) groups is 4. The lowest BCUT2D eigenvalue weighted by molar-refractivity contribution is -0.161. The zero-order chi connectivity index (χ0) is 74.6. The first kappa shape index (κ1) is 99.1. The van der Waals surface area contributed by atoms with Gasteiger partial charge in [0, 0.05) is 25.7 Å². The summed E-state index contributed by atoms with van der Waals surface area (Å²) >= 11 is 0. The van der Waals surface area contributed by atoms with Crippen molar-refractivity contribution in [1.29, 1.82) is 0 Å². The van der Waals surface area contributed by atoms with E-state index < -0.39 is 97.5 Å². The Hall–Kier alpha value is -1.94. The first-order chi connectivity index (χ1) is 48.6. The van der Waals surface area contributed by atoms with Gasteiger partial charge in [0.2, 0.25) is 0 Å². The lowest BCUT2D eigenvalue weighted by atomic mass is 9.99. The number of hydrogen-bond acceptors (Lipinski definition) is 15. The number of hydrogen-bond donors (Lipinski definition) is 3. The second kappa shape index (κ2) is 71.0. The van der Waals surface area contributed by atoms with Gasteiger partial charge in [-0.15, -0.1) is 0 Å². The number of phosphoric acid groups is 2. The molecule has 17 nitrogen and oxygen atoms in total. The van der Waals surface area contributed by atoms with Gasteiger partial charge in [0.1, 0.15) is 19.3 Å². The molecule has 0 aromatic heterocycles. The van der Waals surface area contributed by atoms with Crippen LogP contribution in [0.15, 0.2) is 0 Å². The summed E-state index contributed by atoms with van der Waals surface area (Å²) < 4.78 is 68.7. The molecule has 0 aromatic carbocycles. The van der Waals surface area contributed by atoms with Crippen molar-refractivity contribution in [3.63, 3.8) is 0 Å². The Morgan fingerprint density at radius 1 is 0.277 bits per heavy atom. The SMILES string of the molecule is CCC(C)CCCCCCCCCCC(=O)O[C@H](COC(=O)CCCCCCCCCCCCCCCCCCCCC(C)C)COP(=O)(O)OCC(O)COP(=O)(O)OC[C@@H](COC(=O)CCCCCCCCCC(C)C)OC(=O)CCCCCCCCCCCCCCCCCC(C)C. The molecule has 0 spiro atoms. The highest BCUT2D eigenvalue weighted by Crippen LogP contribution is 2.45. The fourth-order valence-electron chi connectivity index (χ4n) is 12.6. The van der Waals surface area contributed by atoms with Crippen molar-refractivity contribution in [2.75, 3.05) is 39.6 Å². The minimum absolute atomic E-state index is 0.105. The number of esters is 4. The summed E-state index contributed by atoms with van der Waals surface area (Å²) in [6.07, 6.45) is 58.4. The van der Waals surface area contributed by atoms with E-state index in [0.717, 1.165) is 114 Å². The topological polar surface area (TPSA) is 237 Å². The van der Waals surface area contributed by atoms with Crippen LogP contribution in [0.3, 0.4) is 0 Å². The van der Waals surface area contributed by atoms with E-state index in [4.69, 9.17) is 37.0 Å². The predicted octanol–water partition coefficient (Wildman–Crippen LogP) is 24.4. The van der Waals surface area contributed by atoms with E-state index >= 15 is 0 Å². The number of unbranched alkanes of at least 4 members (excludes halogenated alkanes) is 44. The Kier molecular flexibility index (Phi) is 69.6. The van der Waals surface area contributed by atoms with Gasteiger partial charge in [0.15, 0.2) is 12.2 Å². The quantitative estimate of drug-likeness (QED) is 0.0222. The molecule has 0 amide bonds. The van der Waals surface area contributed by atoms with Gasteiger partial charge in [0.05, 0.1) is 26.4 Å². The second-order valence-electron chi connectivity index (χ2n) is 31.2. The lowest BCUT2D eigenvalue weighted by Gasteiger charge is -2.21. The van der Waals surface area contributed by atoms with Crippen LogP contribution >= 0.6 is 15.6 Å². The molecule has 101 heavy (non-hydrogen) atoms. The van der Waals surface area contributed by atoms with Crippen molar-refractivity contribution in [3.8, 4) is 0 Å². The largest absolute Gasteiger partial charge is 0.472 e. The van der Waals surface area contributed by atoms with Gasteiger partial charge in [-0.1, -0.05) is 370 Å². The maximum atomic E-state index is 13.1. The summed E-state index contributed by atoms with van der Waals surface area (Å²) in [4.78, 5) is 73.0. The highest BCUT2D eigenvalue weighted by Gasteiger charge is 2.30. The van der Waals surface area contributed by atoms with Gasteiger partial charge < -0.3 is 33.8 Å². The molecular weight excluding hydrogens is 1320 g/mol. The third kappa shape index (κ3) is 74.7. The summed E-state index contributed by atoms with van der Waals surface area (Å²) in [7, 11) is -9.92. The zero-order valence-corrected chi connectivity index (χ0v) is 68.3. The Labute approximate surface area is 619 Å². The molecular formula is C82H160O17P2. The molecule has 3 N–H and O–H groups in total. The normalized spacial score (nSPS) is 14.3. The molecule has 4 unspecified atom stereocenters. The van der Waals surface area contributed by atoms with Crippen LogP contribution in [0.2, 0.25) is 0 Å². The third-order valence-electron chi connectivity index (χ3n) is 19.4. The highest BCUT2D eigenvalue weighted by molar-refractivity contribution is 7.47. The Bertz CT molecular complexity index is 1970. The fourth-order valence-corrected chi connectivity index (χ4v) is 14.2. The van der Waals surface area contributed by atoms with Crippen molar-refractivity contribution >= 4 is 39.5 Å². The fraction of sp³-hybridized carbons (Fsp3) is 0.951. The van der Waals surface area contributed by atoms with Crippen molar-refractivity contribution in [2.45, 2.75) is 440 Å². The summed E-state index contributed by atoms with van der Waals surface area (Å²) in [5.41, 5.74) is 0. The van der Waals surface area contributed by atoms with Crippen LogP contribution in [0.5, 0.6) is 0 Å². The number of aliphatic hydroxyl groups is 1. The van der Waals surface area contributed by atoms with Gasteiger partial charge in [-0.3, -0.25) is 37.3 Å². The van der Waals surface area contributed by atoms with Crippen LogP contribution < -0.4 is 0 Å². The first-order valence-electron chi connectivity index (χ1n) is 42.2. The van der Waals surface area contributed by atoms with Gasteiger partial charge in [-0.05, 0) is 49.4 Å². The number of carbonyl (C=O) groups excluding carboxylic acids is 4. The zero-order valence-electron chi connectivity index (χ0n) is 66.5. The van der Waals surface area contributed by atoms with Crippen LogP contribution in [-0.4, -0.2) is 96.7 Å². The highest BCUT2D eigenvalue weighted by atomic mass is 31.2.